The monoisotopic (exact) mass is 367 g/mol. The quantitative estimate of drug-likeness (QED) is 0.382. The molecule has 1 aliphatic carbocycles. The summed E-state index contributed by atoms with van der Waals surface area (Å²) >= 11 is 0. The van der Waals surface area contributed by atoms with Crippen molar-refractivity contribution in [3.05, 3.63) is 71.8 Å². The van der Waals surface area contributed by atoms with E-state index in [0.29, 0.717) is 12.5 Å². The summed E-state index contributed by atoms with van der Waals surface area (Å²) in [5.41, 5.74) is 6.38. The van der Waals surface area contributed by atoms with Crippen molar-refractivity contribution < 1.29 is 4.74 Å². The molecule has 1 heterocycles. The summed E-state index contributed by atoms with van der Waals surface area (Å²) in [5, 5.41) is 3.98. The largest absolute Gasteiger partial charge is 0.494 e. The highest BCUT2D eigenvalue weighted by atomic mass is 16.5. The average Bonchev–Trinajstić information content (AvgIpc) is 2.73. The normalized spacial score (nSPS) is 16.3. The van der Waals surface area contributed by atoms with Crippen LogP contribution in [0.25, 0.3) is 32.9 Å². The van der Waals surface area contributed by atoms with Crippen LogP contribution >= 0.6 is 0 Å². The summed E-state index contributed by atoms with van der Waals surface area (Å²) in [6, 6.07) is 21.5. The van der Waals surface area contributed by atoms with Crippen LogP contribution in [0.5, 0.6) is 5.75 Å². The van der Waals surface area contributed by atoms with Gasteiger partial charge >= 0.3 is 0 Å². The van der Waals surface area contributed by atoms with E-state index in [2.05, 4.69) is 67.6 Å². The van der Waals surface area contributed by atoms with Crippen molar-refractivity contribution >= 4 is 21.7 Å². The Morgan fingerprint density at radius 2 is 1.79 bits per heavy atom. The predicted molar refractivity (Wildman–Crippen MR) is 117 cm³/mol. The molecule has 0 fully saturated rings. The minimum atomic E-state index is 0.688. The first-order valence-corrected chi connectivity index (χ1v) is 10.3. The number of nitrogens with zero attached hydrogens (tertiary/aromatic N) is 1. The minimum absolute atomic E-state index is 0.688. The van der Waals surface area contributed by atoms with Gasteiger partial charge in [0.2, 0.25) is 0 Å². The standard InChI is InChI=1S/C26H25NO/c1-3-28-20-12-9-19(10-13-20)26-22-14-8-17(2)16-23(22)25-21-7-5-4-6-18(21)11-15-24(25)27-26/h4-7,9-13,15,17H,3,8,14,16H2,1-2H3/t17-/m1/s1. The highest BCUT2D eigenvalue weighted by Gasteiger charge is 2.23. The van der Waals surface area contributed by atoms with Gasteiger partial charge in [-0.1, -0.05) is 37.3 Å². The van der Waals surface area contributed by atoms with Gasteiger partial charge in [-0.15, -0.1) is 0 Å². The molecule has 140 valence electrons. The molecule has 4 aromatic rings. The van der Waals surface area contributed by atoms with E-state index in [1.54, 1.807) is 0 Å². The SMILES string of the molecule is CCOc1ccc(-c2nc3ccc4ccccc4c3c3c2CC[C@@H](C)C3)cc1. The van der Waals surface area contributed by atoms with Gasteiger partial charge in [0.1, 0.15) is 5.75 Å². The number of pyridine rings is 1. The molecule has 1 aliphatic rings. The van der Waals surface area contributed by atoms with Crippen molar-refractivity contribution in [1.29, 1.82) is 0 Å². The number of rotatable bonds is 3. The molecule has 0 saturated heterocycles. The summed E-state index contributed by atoms with van der Waals surface area (Å²) in [6.45, 7) is 5.07. The molecular weight excluding hydrogens is 342 g/mol. The lowest BCUT2D eigenvalue weighted by Gasteiger charge is -2.26. The second-order valence-electron chi connectivity index (χ2n) is 7.90. The maximum absolute atomic E-state index is 5.62. The maximum atomic E-state index is 5.62. The van der Waals surface area contributed by atoms with Crippen LogP contribution in [0.2, 0.25) is 0 Å². The van der Waals surface area contributed by atoms with E-state index >= 15 is 0 Å². The summed E-state index contributed by atoms with van der Waals surface area (Å²) in [5.74, 6) is 1.63. The van der Waals surface area contributed by atoms with Gasteiger partial charge < -0.3 is 4.74 Å². The molecular formula is C26H25NO. The van der Waals surface area contributed by atoms with Crippen molar-refractivity contribution in [2.45, 2.75) is 33.1 Å². The van der Waals surface area contributed by atoms with Crippen LogP contribution in [0.4, 0.5) is 0 Å². The van der Waals surface area contributed by atoms with Crippen LogP contribution in [0.15, 0.2) is 60.7 Å². The van der Waals surface area contributed by atoms with E-state index < -0.39 is 0 Å². The van der Waals surface area contributed by atoms with Crippen molar-refractivity contribution in [3.8, 4) is 17.0 Å². The highest BCUT2D eigenvalue weighted by molar-refractivity contribution is 6.09. The molecule has 1 atom stereocenters. The third-order valence-electron chi connectivity index (χ3n) is 5.97. The maximum Gasteiger partial charge on any atom is 0.119 e. The summed E-state index contributed by atoms with van der Waals surface area (Å²) in [7, 11) is 0. The van der Waals surface area contributed by atoms with E-state index in [9.17, 15) is 0 Å². The number of ether oxygens (including phenoxy) is 1. The van der Waals surface area contributed by atoms with Gasteiger partial charge in [0, 0.05) is 10.9 Å². The molecule has 2 heteroatoms. The van der Waals surface area contributed by atoms with Gasteiger partial charge in [0.25, 0.3) is 0 Å². The van der Waals surface area contributed by atoms with Gasteiger partial charge in [-0.05, 0) is 84.3 Å². The Morgan fingerprint density at radius 1 is 0.964 bits per heavy atom. The summed E-state index contributed by atoms with van der Waals surface area (Å²) in [6.07, 6.45) is 3.46. The second-order valence-corrected chi connectivity index (χ2v) is 7.90. The van der Waals surface area contributed by atoms with E-state index in [1.165, 1.54) is 39.3 Å². The van der Waals surface area contributed by atoms with Crippen molar-refractivity contribution in [2.75, 3.05) is 6.61 Å². The second kappa shape index (κ2) is 6.94. The molecule has 0 unspecified atom stereocenters. The lowest BCUT2D eigenvalue weighted by Crippen LogP contribution is -2.14. The van der Waals surface area contributed by atoms with Crippen molar-refractivity contribution in [2.24, 2.45) is 5.92 Å². The Balaban J connectivity index is 1.78. The number of hydrogen-bond donors (Lipinski definition) is 0. The van der Waals surface area contributed by atoms with Crippen LogP contribution in [-0.4, -0.2) is 11.6 Å². The zero-order valence-corrected chi connectivity index (χ0v) is 16.5. The summed E-state index contributed by atoms with van der Waals surface area (Å²) in [4.78, 5) is 5.17. The average molecular weight is 367 g/mol. The molecule has 0 radical (unpaired) electrons. The molecule has 0 saturated carbocycles. The molecule has 3 aromatic carbocycles. The molecule has 28 heavy (non-hydrogen) atoms. The van der Waals surface area contributed by atoms with E-state index in [1.807, 2.05) is 6.92 Å². The zero-order chi connectivity index (χ0) is 19.1. The smallest absolute Gasteiger partial charge is 0.119 e. The van der Waals surface area contributed by atoms with E-state index in [-0.39, 0.29) is 0 Å². The fourth-order valence-electron chi connectivity index (χ4n) is 4.60. The first-order valence-electron chi connectivity index (χ1n) is 10.3. The topological polar surface area (TPSA) is 22.1 Å². The van der Waals surface area contributed by atoms with E-state index in [0.717, 1.165) is 29.8 Å². The van der Waals surface area contributed by atoms with Crippen LogP contribution in [-0.2, 0) is 12.8 Å². The van der Waals surface area contributed by atoms with Crippen molar-refractivity contribution in [1.82, 2.24) is 4.98 Å². The van der Waals surface area contributed by atoms with Crippen LogP contribution in [0.1, 0.15) is 31.4 Å². The lowest BCUT2D eigenvalue weighted by atomic mass is 9.80. The number of aromatic nitrogens is 1. The Hall–Kier alpha value is -2.87. The first kappa shape index (κ1) is 17.2. The third kappa shape index (κ3) is 2.84. The van der Waals surface area contributed by atoms with Gasteiger partial charge in [0.05, 0.1) is 17.8 Å². The van der Waals surface area contributed by atoms with Crippen LogP contribution in [0, 0.1) is 5.92 Å². The van der Waals surface area contributed by atoms with Crippen LogP contribution < -0.4 is 4.74 Å². The molecule has 0 bridgehead atoms. The fraction of sp³-hybridized carbons (Fsp3) is 0.269. The Bertz CT molecular complexity index is 1160. The van der Waals surface area contributed by atoms with Gasteiger partial charge in [0.15, 0.2) is 0 Å². The summed E-state index contributed by atoms with van der Waals surface area (Å²) < 4.78 is 5.62. The molecule has 5 rings (SSSR count). The molecule has 0 spiro atoms. The molecule has 0 aliphatic heterocycles. The molecule has 0 amide bonds. The zero-order valence-electron chi connectivity index (χ0n) is 16.5. The lowest BCUT2D eigenvalue weighted by molar-refractivity contribution is 0.340. The van der Waals surface area contributed by atoms with Gasteiger partial charge in [-0.2, -0.15) is 0 Å². The van der Waals surface area contributed by atoms with Crippen molar-refractivity contribution in [3.63, 3.8) is 0 Å². The Kier molecular flexibility index (Phi) is 4.27. The Labute approximate surface area is 166 Å². The van der Waals surface area contributed by atoms with E-state index in [4.69, 9.17) is 9.72 Å². The highest BCUT2D eigenvalue weighted by Crippen LogP contribution is 2.39. The third-order valence-corrected chi connectivity index (χ3v) is 5.97. The molecule has 2 nitrogen and oxygen atoms in total. The van der Waals surface area contributed by atoms with Gasteiger partial charge in [-0.25, -0.2) is 4.98 Å². The molecule has 1 aromatic heterocycles. The number of benzene rings is 3. The first-order chi connectivity index (χ1) is 13.7. The minimum Gasteiger partial charge on any atom is -0.494 e. The molecule has 0 N–H and O–H groups in total. The Morgan fingerprint density at radius 3 is 2.61 bits per heavy atom. The fourth-order valence-corrected chi connectivity index (χ4v) is 4.60. The van der Waals surface area contributed by atoms with Crippen LogP contribution in [0.3, 0.4) is 0 Å². The predicted octanol–water partition coefficient (Wildman–Crippen LogP) is 6.58. The number of hydrogen-bond acceptors (Lipinski definition) is 2. The van der Waals surface area contributed by atoms with Gasteiger partial charge in [-0.3, -0.25) is 0 Å². The number of fused-ring (bicyclic) bond motifs is 5.